The zero-order valence-corrected chi connectivity index (χ0v) is 12.5. The SMILES string of the molecule is CO[C@H]1CCC[C@@H]1OC(=O)c1ccnc(C2CCCC2)n1. The van der Waals surface area contributed by atoms with E-state index >= 15 is 0 Å². The highest BCUT2D eigenvalue weighted by atomic mass is 16.6. The normalized spacial score (nSPS) is 26.1. The van der Waals surface area contributed by atoms with Crippen molar-refractivity contribution in [2.75, 3.05) is 7.11 Å². The van der Waals surface area contributed by atoms with Gasteiger partial charge in [-0.05, 0) is 38.2 Å². The average molecular weight is 290 g/mol. The van der Waals surface area contributed by atoms with Gasteiger partial charge in [-0.3, -0.25) is 0 Å². The smallest absolute Gasteiger partial charge is 0.357 e. The van der Waals surface area contributed by atoms with Gasteiger partial charge in [0.15, 0.2) is 5.69 Å². The molecule has 2 saturated carbocycles. The first-order chi connectivity index (χ1) is 10.3. The van der Waals surface area contributed by atoms with Crippen LogP contribution in [-0.4, -0.2) is 35.3 Å². The molecule has 1 heterocycles. The zero-order chi connectivity index (χ0) is 14.7. The number of methoxy groups -OCH3 is 1. The molecule has 1 aromatic rings. The number of ether oxygens (including phenoxy) is 2. The van der Waals surface area contributed by atoms with Crippen molar-refractivity contribution in [1.82, 2.24) is 9.97 Å². The van der Waals surface area contributed by atoms with Crippen LogP contribution in [0.1, 0.15) is 67.2 Å². The van der Waals surface area contributed by atoms with E-state index in [9.17, 15) is 4.79 Å². The van der Waals surface area contributed by atoms with Gasteiger partial charge in [0.2, 0.25) is 0 Å². The number of hydrogen-bond acceptors (Lipinski definition) is 5. The second kappa shape index (κ2) is 6.52. The molecular formula is C16H22N2O3. The van der Waals surface area contributed by atoms with E-state index in [1.807, 2.05) is 0 Å². The Morgan fingerprint density at radius 1 is 1.14 bits per heavy atom. The first-order valence-electron chi connectivity index (χ1n) is 7.84. The Bertz CT molecular complexity index is 500. The standard InChI is InChI=1S/C16H22N2O3/c1-20-13-7-4-8-14(13)21-16(19)12-9-10-17-15(18-12)11-5-2-3-6-11/h9-11,13-14H,2-8H2,1H3/t13-,14-/m0/s1. The molecule has 0 aliphatic heterocycles. The molecule has 2 aliphatic carbocycles. The molecule has 5 nitrogen and oxygen atoms in total. The third-order valence-electron chi connectivity index (χ3n) is 4.56. The average Bonchev–Trinajstić information content (AvgIpc) is 3.18. The summed E-state index contributed by atoms with van der Waals surface area (Å²) in [6.45, 7) is 0. The van der Waals surface area contributed by atoms with Gasteiger partial charge in [0.1, 0.15) is 11.9 Å². The summed E-state index contributed by atoms with van der Waals surface area (Å²) in [5, 5.41) is 0. The van der Waals surface area contributed by atoms with E-state index in [4.69, 9.17) is 9.47 Å². The highest BCUT2D eigenvalue weighted by Crippen LogP contribution is 2.32. The first-order valence-corrected chi connectivity index (χ1v) is 7.84. The van der Waals surface area contributed by atoms with Crippen LogP contribution < -0.4 is 0 Å². The monoisotopic (exact) mass is 290 g/mol. The highest BCUT2D eigenvalue weighted by Gasteiger charge is 2.31. The number of aromatic nitrogens is 2. The van der Waals surface area contributed by atoms with Gasteiger partial charge < -0.3 is 9.47 Å². The highest BCUT2D eigenvalue weighted by molar-refractivity contribution is 5.87. The van der Waals surface area contributed by atoms with Gasteiger partial charge in [-0.2, -0.15) is 0 Å². The summed E-state index contributed by atoms with van der Waals surface area (Å²) >= 11 is 0. The van der Waals surface area contributed by atoms with Crippen molar-refractivity contribution in [2.45, 2.75) is 63.1 Å². The Hall–Kier alpha value is -1.49. The predicted molar refractivity (Wildman–Crippen MR) is 77.1 cm³/mol. The van der Waals surface area contributed by atoms with E-state index in [-0.39, 0.29) is 18.2 Å². The fourth-order valence-corrected chi connectivity index (χ4v) is 3.36. The molecule has 5 heteroatoms. The second-order valence-electron chi connectivity index (χ2n) is 5.93. The van der Waals surface area contributed by atoms with Gasteiger partial charge in [0, 0.05) is 19.2 Å². The van der Waals surface area contributed by atoms with Crippen LogP contribution in [0.15, 0.2) is 12.3 Å². The summed E-state index contributed by atoms with van der Waals surface area (Å²) in [5.41, 5.74) is 0.369. The number of nitrogens with zero attached hydrogens (tertiary/aromatic N) is 2. The summed E-state index contributed by atoms with van der Waals surface area (Å²) in [4.78, 5) is 21.0. The number of rotatable bonds is 4. The van der Waals surface area contributed by atoms with Gasteiger partial charge >= 0.3 is 5.97 Å². The summed E-state index contributed by atoms with van der Waals surface area (Å²) in [7, 11) is 1.67. The second-order valence-corrected chi connectivity index (χ2v) is 5.93. The van der Waals surface area contributed by atoms with Crippen molar-refractivity contribution in [3.63, 3.8) is 0 Å². The first kappa shape index (κ1) is 14.4. The molecule has 1 aromatic heterocycles. The molecule has 2 atom stereocenters. The molecule has 2 aliphatic rings. The van der Waals surface area contributed by atoms with Crippen LogP contribution in [0.4, 0.5) is 0 Å². The number of hydrogen-bond donors (Lipinski definition) is 0. The van der Waals surface area contributed by atoms with Crippen LogP contribution in [0.2, 0.25) is 0 Å². The maximum absolute atomic E-state index is 12.3. The molecule has 0 N–H and O–H groups in total. The Balaban J connectivity index is 1.68. The zero-order valence-electron chi connectivity index (χ0n) is 12.5. The Labute approximate surface area is 125 Å². The van der Waals surface area contributed by atoms with Gasteiger partial charge in [0.05, 0.1) is 6.10 Å². The maximum Gasteiger partial charge on any atom is 0.357 e. The van der Waals surface area contributed by atoms with Crippen molar-refractivity contribution in [3.8, 4) is 0 Å². The van der Waals surface area contributed by atoms with Crippen molar-refractivity contribution in [3.05, 3.63) is 23.8 Å². The van der Waals surface area contributed by atoms with Gasteiger partial charge in [0.25, 0.3) is 0 Å². The van der Waals surface area contributed by atoms with Crippen LogP contribution in [0.3, 0.4) is 0 Å². The van der Waals surface area contributed by atoms with Crippen molar-refractivity contribution in [1.29, 1.82) is 0 Å². The van der Waals surface area contributed by atoms with Gasteiger partial charge in [-0.1, -0.05) is 12.8 Å². The van der Waals surface area contributed by atoms with Gasteiger partial charge in [-0.25, -0.2) is 14.8 Å². The van der Waals surface area contributed by atoms with Crippen molar-refractivity contribution >= 4 is 5.97 Å². The van der Waals surface area contributed by atoms with E-state index in [0.29, 0.717) is 11.6 Å². The number of carbonyl (C=O) groups is 1. The topological polar surface area (TPSA) is 61.3 Å². The maximum atomic E-state index is 12.3. The predicted octanol–water partition coefficient (Wildman–Crippen LogP) is 2.86. The fourth-order valence-electron chi connectivity index (χ4n) is 3.36. The molecule has 0 saturated heterocycles. The summed E-state index contributed by atoms with van der Waals surface area (Å²) in [5.74, 6) is 0.832. The van der Waals surface area contributed by atoms with Gasteiger partial charge in [-0.15, -0.1) is 0 Å². The number of esters is 1. The lowest BCUT2D eigenvalue weighted by Gasteiger charge is -2.18. The number of carbonyl (C=O) groups excluding carboxylic acids is 1. The molecule has 0 unspecified atom stereocenters. The van der Waals surface area contributed by atoms with Crippen molar-refractivity contribution < 1.29 is 14.3 Å². The van der Waals surface area contributed by atoms with Crippen LogP contribution in [-0.2, 0) is 9.47 Å². The molecule has 0 radical (unpaired) electrons. The van der Waals surface area contributed by atoms with E-state index in [1.165, 1.54) is 12.8 Å². The quantitative estimate of drug-likeness (QED) is 0.798. The summed E-state index contributed by atoms with van der Waals surface area (Å²) in [6.07, 6.45) is 9.07. The van der Waals surface area contributed by atoms with E-state index in [2.05, 4.69) is 9.97 Å². The van der Waals surface area contributed by atoms with Crippen LogP contribution in [0.25, 0.3) is 0 Å². The molecule has 0 bridgehead atoms. The lowest BCUT2D eigenvalue weighted by Crippen LogP contribution is -2.28. The largest absolute Gasteiger partial charge is 0.455 e. The van der Waals surface area contributed by atoms with E-state index < -0.39 is 0 Å². The van der Waals surface area contributed by atoms with E-state index in [0.717, 1.165) is 37.9 Å². The van der Waals surface area contributed by atoms with Crippen LogP contribution >= 0.6 is 0 Å². The lowest BCUT2D eigenvalue weighted by molar-refractivity contribution is -0.0211. The molecule has 0 spiro atoms. The molecule has 114 valence electrons. The minimum atomic E-state index is -0.356. The molecule has 21 heavy (non-hydrogen) atoms. The van der Waals surface area contributed by atoms with E-state index in [1.54, 1.807) is 19.4 Å². The summed E-state index contributed by atoms with van der Waals surface area (Å²) in [6, 6.07) is 1.64. The molecule has 0 amide bonds. The molecule has 3 rings (SSSR count). The minimum absolute atomic E-state index is 0.0186. The molecule has 0 aromatic carbocycles. The Morgan fingerprint density at radius 3 is 2.67 bits per heavy atom. The summed E-state index contributed by atoms with van der Waals surface area (Å²) < 4.78 is 10.9. The fraction of sp³-hybridized carbons (Fsp3) is 0.688. The van der Waals surface area contributed by atoms with Crippen LogP contribution in [0.5, 0.6) is 0 Å². The minimum Gasteiger partial charge on any atom is -0.455 e. The third-order valence-corrected chi connectivity index (χ3v) is 4.56. The Kier molecular flexibility index (Phi) is 4.48. The molecule has 2 fully saturated rings. The Morgan fingerprint density at radius 2 is 1.90 bits per heavy atom. The molecular weight excluding hydrogens is 268 g/mol. The van der Waals surface area contributed by atoms with Crippen molar-refractivity contribution in [2.24, 2.45) is 0 Å². The lowest BCUT2D eigenvalue weighted by atomic mass is 10.1. The van der Waals surface area contributed by atoms with Crippen LogP contribution in [0, 0.1) is 0 Å². The third kappa shape index (κ3) is 3.23.